The molecule has 42 heavy (non-hydrogen) atoms. The van der Waals surface area contributed by atoms with Gasteiger partial charge >= 0.3 is 0 Å². The van der Waals surface area contributed by atoms with Crippen LogP contribution in [0, 0.1) is 40.7 Å². The van der Waals surface area contributed by atoms with Crippen molar-refractivity contribution >= 4 is 33.1 Å². The number of benzene rings is 3. The third-order valence-corrected chi connectivity index (χ3v) is 8.43. The predicted molar refractivity (Wildman–Crippen MR) is 165 cm³/mol. The van der Waals surface area contributed by atoms with E-state index in [0.717, 1.165) is 32.5 Å². The molecule has 0 fully saturated rings. The number of nitro benzene ring substituents is 1. The summed E-state index contributed by atoms with van der Waals surface area (Å²) in [5, 5.41) is 22.1. The van der Waals surface area contributed by atoms with Crippen LogP contribution in [0.25, 0.3) is 0 Å². The van der Waals surface area contributed by atoms with Gasteiger partial charge in [-0.05, 0) is 72.7 Å². The molecule has 3 aromatic rings. The first-order valence-electron chi connectivity index (χ1n) is 13.6. The van der Waals surface area contributed by atoms with E-state index in [-0.39, 0.29) is 28.3 Å². The van der Waals surface area contributed by atoms with Gasteiger partial charge in [-0.15, -0.1) is 0 Å². The van der Waals surface area contributed by atoms with Crippen molar-refractivity contribution in [1.82, 2.24) is 0 Å². The molecule has 1 heterocycles. The number of allylic oxidation sites excluding steroid dienone is 3. The number of hydrogen-bond acceptors (Lipinski definition) is 7. The lowest BCUT2D eigenvalue weighted by Crippen LogP contribution is -2.42. The molecule has 1 atom stereocenters. The summed E-state index contributed by atoms with van der Waals surface area (Å²) in [6.07, 6.45) is 0.825. The number of aryl methyl sites for hydroxylation is 1. The molecule has 0 spiro atoms. The molecule has 214 valence electrons. The van der Waals surface area contributed by atoms with Crippen molar-refractivity contribution in [1.29, 1.82) is 5.26 Å². The minimum Gasteiger partial charge on any atom is -0.489 e. The van der Waals surface area contributed by atoms with Gasteiger partial charge in [0.2, 0.25) is 0 Å². The first kappa shape index (κ1) is 29.1. The maximum atomic E-state index is 14.0. The van der Waals surface area contributed by atoms with Gasteiger partial charge in [0.15, 0.2) is 5.78 Å². The van der Waals surface area contributed by atoms with Crippen molar-refractivity contribution in [3.63, 3.8) is 0 Å². The topological polar surface area (TPSA) is 122 Å². The zero-order valence-electron chi connectivity index (χ0n) is 23.9. The van der Waals surface area contributed by atoms with Gasteiger partial charge in [0.25, 0.3) is 5.69 Å². The van der Waals surface area contributed by atoms with Crippen LogP contribution in [-0.4, -0.2) is 10.7 Å². The number of hydrogen-bond donors (Lipinski definition) is 1. The predicted octanol–water partition coefficient (Wildman–Crippen LogP) is 7.49. The fourth-order valence-corrected chi connectivity index (χ4v) is 6.23. The van der Waals surface area contributed by atoms with Gasteiger partial charge in [0.05, 0.1) is 28.2 Å². The molecule has 0 bridgehead atoms. The number of non-ortho nitro benzene ring substituents is 1. The molecule has 9 heteroatoms. The Morgan fingerprint density at radius 1 is 1.14 bits per heavy atom. The van der Waals surface area contributed by atoms with Crippen LogP contribution in [0.2, 0.25) is 0 Å². The summed E-state index contributed by atoms with van der Waals surface area (Å²) >= 11 is 3.44. The van der Waals surface area contributed by atoms with Gasteiger partial charge in [-0.2, -0.15) is 5.26 Å². The molecular formula is C33H31BrN4O4. The van der Waals surface area contributed by atoms with Crippen molar-refractivity contribution in [2.75, 3.05) is 4.90 Å². The van der Waals surface area contributed by atoms with Crippen molar-refractivity contribution in [3.05, 3.63) is 120 Å². The maximum Gasteiger partial charge on any atom is 0.271 e. The van der Waals surface area contributed by atoms with Gasteiger partial charge in [0.1, 0.15) is 18.2 Å². The monoisotopic (exact) mass is 626 g/mol. The van der Waals surface area contributed by atoms with Crippen molar-refractivity contribution in [2.24, 2.45) is 11.1 Å². The quantitative estimate of drug-likeness (QED) is 0.222. The van der Waals surface area contributed by atoms with Crippen molar-refractivity contribution < 1.29 is 14.5 Å². The van der Waals surface area contributed by atoms with Gasteiger partial charge in [-0.25, -0.2) is 0 Å². The third-order valence-electron chi connectivity index (χ3n) is 7.90. The van der Waals surface area contributed by atoms with Crippen LogP contribution >= 0.6 is 15.9 Å². The largest absolute Gasteiger partial charge is 0.489 e. The van der Waals surface area contributed by atoms with Gasteiger partial charge in [-0.1, -0.05) is 53.5 Å². The number of anilines is 1. The third kappa shape index (κ3) is 5.42. The van der Waals surface area contributed by atoms with E-state index in [4.69, 9.17) is 10.5 Å². The van der Waals surface area contributed by atoms with E-state index in [9.17, 15) is 20.2 Å². The van der Waals surface area contributed by atoms with Crippen LogP contribution in [-0.2, 0) is 11.4 Å². The molecule has 1 unspecified atom stereocenters. The molecule has 1 aliphatic heterocycles. The SMILES string of the molecule is Cc1cc(COc2ccc(Br)cc2)c(C)c(C2C(C#N)=C(N)N(c3cccc([N+](=O)[O-])c3)C3=C2C(=O)CC(C)(C)C3)c1. The summed E-state index contributed by atoms with van der Waals surface area (Å²) in [5.74, 6) is 0.161. The Balaban J connectivity index is 1.67. The van der Waals surface area contributed by atoms with E-state index >= 15 is 0 Å². The van der Waals surface area contributed by atoms with Crippen LogP contribution in [0.15, 0.2) is 87.8 Å². The van der Waals surface area contributed by atoms with Crippen molar-refractivity contribution in [3.8, 4) is 11.8 Å². The molecule has 2 N–H and O–H groups in total. The fraction of sp³-hybridized carbons (Fsp3) is 0.273. The van der Waals surface area contributed by atoms with Crippen LogP contribution in [0.3, 0.4) is 0 Å². The van der Waals surface area contributed by atoms with Crippen LogP contribution < -0.4 is 15.4 Å². The molecule has 0 amide bonds. The van der Waals surface area contributed by atoms with Crippen molar-refractivity contribution in [2.45, 2.75) is 53.1 Å². The Hall–Kier alpha value is -4.42. The molecule has 1 aliphatic carbocycles. The number of ether oxygens (including phenoxy) is 1. The first-order chi connectivity index (χ1) is 19.9. The molecule has 0 saturated heterocycles. The summed E-state index contributed by atoms with van der Waals surface area (Å²) in [6.45, 7) is 8.30. The highest BCUT2D eigenvalue weighted by molar-refractivity contribution is 9.10. The number of carbonyl (C=O) groups is 1. The summed E-state index contributed by atoms with van der Waals surface area (Å²) in [4.78, 5) is 26.8. The zero-order chi connectivity index (χ0) is 30.3. The van der Waals surface area contributed by atoms with E-state index in [1.807, 2.05) is 58.0 Å². The molecule has 0 aromatic heterocycles. The van der Waals surface area contributed by atoms with Gasteiger partial charge in [0, 0.05) is 34.3 Å². The van der Waals surface area contributed by atoms with Gasteiger partial charge in [-0.3, -0.25) is 19.8 Å². The Morgan fingerprint density at radius 3 is 2.52 bits per heavy atom. The lowest BCUT2D eigenvalue weighted by Gasteiger charge is -2.44. The average molecular weight is 628 g/mol. The molecule has 8 nitrogen and oxygen atoms in total. The Morgan fingerprint density at radius 2 is 1.86 bits per heavy atom. The number of nitrogens with zero attached hydrogens (tertiary/aromatic N) is 3. The number of rotatable bonds is 6. The average Bonchev–Trinajstić information content (AvgIpc) is 2.93. The van der Waals surface area contributed by atoms with E-state index < -0.39 is 10.8 Å². The first-order valence-corrected chi connectivity index (χ1v) is 14.4. The standard InChI is InChI=1S/C33H31BrN4O4/c1-19-12-21(18-42-25-10-8-22(34)9-11-25)20(2)26(13-19)30-27(17-35)32(36)37(23-6-5-7-24(14-23)38(40)41)28-15-33(3,4)16-29(39)31(28)30/h5-14,30H,15-16,18,36H2,1-4H3. The lowest BCUT2D eigenvalue weighted by molar-refractivity contribution is -0.384. The van der Waals surface area contributed by atoms with E-state index in [2.05, 4.69) is 28.1 Å². The highest BCUT2D eigenvalue weighted by atomic mass is 79.9. The van der Waals surface area contributed by atoms with Gasteiger partial charge < -0.3 is 10.5 Å². The summed E-state index contributed by atoms with van der Waals surface area (Å²) in [5.41, 5.74) is 11.8. The van der Waals surface area contributed by atoms with Crippen LogP contribution in [0.5, 0.6) is 5.75 Å². The molecule has 3 aromatic carbocycles. The number of nitriles is 1. The molecular weight excluding hydrogens is 596 g/mol. The zero-order valence-corrected chi connectivity index (χ0v) is 25.5. The maximum absolute atomic E-state index is 14.0. The normalized spacial score (nSPS) is 18.0. The smallest absolute Gasteiger partial charge is 0.271 e. The number of nitrogens with two attached hydrogens (primary N) is 1. The molecule has 0 radical (unpaired) electrons. The lowest BCUT2D eigenvalue weighted by atomic mass is 9.68. The number of nitro groups is 1. The second-order valence-corrected chi connectivity index (χ2v) is 12.6. The second kappa shape index (κ2) is 11.1. The number of Topliss-reactive ketones (excluding diaryl/α,β-unsaturated/α-hetero) is 1. The number of ketones is 1. The van der Waals surface area contributed by atoms with E-state index in [0.29, 0.717) is 36.4 Å². The molecule has 0 saturated carbocycles. The number of halogens is 1. The van der Waals surface area contributed by atoms with E-state index in [1.54, 1.807) is 17.0 Å². The van der Waals surface area contributed by atoms with Crippen LogP contribution in [0.1, 0.15) is 54.9 Å². The van der Waals surface area contributed by atoms with E-state index in [1.165, 1.54) is 12.1 Å². The summed E-state index contributed by atoms with van der Waals surface area (Å²) in [7, 11) is 0. The molecule has 5 rings (SSSR count). The minimum atomic E-state index is -0.671. The number of carbonyl (C=O) groups excluding carboxylic acids is 1. The highest BCUT2D eigenvalue weighted by Crippen LogP contribution is 2.51. The highest BCUT2D eigenvalue weighted by Gasteiger charge is 2.45. The van der Waals surface area contributed by atoms with Crippen LogP contribution in [0.4, 0.5) is 11.4 Å². The summed E-state index contributed by atoms with van der Waals surface area (Å²) < 4.78 is 7.05. The second-order valence-electron chi connectivity index (χ2n) is 11.6. The Kier molecular flexibility index (Phi) is 7.69. The Labute approximate surface area is 253 Å². The molecule has 2 aliphatic rings. The summed E-state index contributed by atoms with van der Waals surface area (Å²) in [6, 6.07) is 20.1. The minimum absolute atomic E-state index is 0.0597. The Bertz CT molecular complexity index is 1720. The fourth-order valence-electron chi connectivity index (χ4n) is 5.97.